The minimum absolute atomic E-state index is 0.0646. The fourth-order valence-corrected chi connectivity index (χ4v) is 5.45. The molecular weight excluding hydrogens is 480 g/mol. The summed E-state index contributed by atoms with van der Waals surface area (Å²) in [5.74, 6) is -0.501. The van der Waals surface area contributed by atoms with Crippen LogP contribution in [0.3, 0.4) is 0 Å². The van der Waals surface area contributed by atoms with E-state index in [9.17, 15) is 18.0 Å². The van der Waals surface area contributed by atoms with Gasteiger partial charge in [-0.3, -0.25) is 9.59 Å². The first-order valence-corrected chi connectivity index (χ1v) is 13.0. The molecule has 2 aromatic rings. The van der Waals surface area contributed by atoms with Crippen molar-refractivity contribution in [2.24, 2.45) is 5.92 Å². The molecule has 0 bridgehead atoms. The highest BCUT2D eigenvalue weighted by Crippen LogP contribution is 2.27. The quantitative estimate of drug-likeness (QED) is 0.522. The topological polar surface area (TPSA) is 102 Å². The highest BCUT2D eigenvalue weighted by molar-refractivity contribution is 7.89. The summed E-state index contributed by atoms with van der Waals surface area (Å²) in [4.78, 5) is 27.0. The third kappa shape index (κ3) is 6.49. The average Bonchev–Trinajstić information content (AvgIpc) is 2.84. The van der Waals surface area contributed by atoms with Gasteiger partial charge in [0, 0.05) is 13.1 Å². The molecule has 1 amide bonds. The number of benzene rings is 2. The molecule has 2 aromatic carbocycles. The number of rotatable bonds is 9. The number of ether oxygens (including phenoxy) is 2. The van der Waals surface area contributed by atoms with Crippen LogP contribution in [0.1, 0.15) is 25.3 Å². The molecule has 0 aliphatic carbocycles. The second-order valence-electron chi connectivity index (χ2n) is 8.01. The summed E-state index contributed by atoms with van der Waals surface area (Å²) in [6.07, 6.45) is 1.13. The summed E-state index contributed by atoms with van der Waals surface area (Å²) in [5, 5.41) is 0.150. The van der Waals surface area contributed by atoms with Crippen LogP contribution in [0, 0.1) is 5.92 Å². The Balaban J connectivity index is 1.79. The molecule has 1 N–H and O–H groups in total. The van der Waals surface area contributed by atoms with Crippen LogP contribution >= 0.6 is 11.6 Å². The van der Waals surface area contributed by atoms with E-state index in [1.54, 1.807) is 11.8 Å². The number of sulfonamides is 1. The molecule has 1 atom stereocenters. The van der Waals surface area contributed by atoms with E-state index in [0.717, 1.165) is 5.56 Å². The van der Waals surface area contributed by atoms with Gasteiger partial charge in [-0.25, -0.2) is 8.42 Å². The lowest BCUT2D eigenvalue weighted by Gasteiger charge is -2.33. The van der Waals surface area contributed by atoms with E-state index in [2.05, 4.69) is 4.72 Å². The Morgan fingerprint density at radius 2 is 1.82 bits per heavy atom. The predicted octanol–water partition coefficient (Wildman–Crippen LogP) is 3.04. The monoisotopic (exact) mass is 508 g/mol. The van der Waals surface area contributed by atoms with Gasteiger partial charge >= 0.3 is 5.97 Å². The normalized spacial score (nSPS) is 15.6. The summed E-state index contributed by atoms with van der Waals surface area (Å²) in [5.41, 5.74) is 0.817. The number of methoxy groups -OCH3 is 1. The first kappa shape index (κ1) is 26.0. The summed E-state index contributed by atoms with van der Waals surface area (Å²) >= 11 is 6.12. The van der Waals surface area contributed by atoms with Crippen molar-refractivity contribution < 1.29 is 27.5 Å². The fraction of sp³-hybridized carbons (Fsp3) is 0.417. The van der Waals surface area contributed by atoms with E-state index in [0.29, 0.717) is 38.3 Å². The van der Waals surface area contributed by atoms with Gasteiger partial charge in [-0.05, 0) is 49.9 Å². The highest BCUT2D eigenvalue weighted by Gasteiger charge is 2.34. The van der Waals surface area contributed by atoms with Crippen molar-refractivity contribution in [3.63, 3.8) is 0 Å². The zero-order valence-corrected chi connectivity index (χ0v) is 20.8. The van der Waals surface area contributed by atoms with Gasteiger partial charge in [0.05, 0.1) is 29.6 Å². The summed E-state index contributed by atoms with van der Waals surface area (Å²) < 4.78 is 39.0. The average molecular weight is 509 g/mol. The van der Waals surface area contributed by atoms with Crippen molar-refractivity contribution in [3.05, 3.63) is 59.1 Å². The maximum absolute atomic E-state index is 13.4. The lowest BCUT2D eigenvalue weighted by molar-refractivity contribution is -0.151. The minimum atomic E-state index is -4.05. The molecule has 0 unspecified atom stereocenters. The molecule has 0 aromatic heterocycles. The van der Waals surface area contributed by atoms with E-state index in [4.69, 9.17) is 21.1 Å². The Bertz CT molecular complexity index is 1100. The van der Waals surface area contributed by atoms with Crippen molar-refractivity contribution in [1.82, 2.24) is 9.62 Å². The standard InChI is InChI=1S/C24H29ClN2O6S/c1-3-33-24(29)18-11-13-27(14-12-18)23(28)21(15-17-7-5-4-6-8-17)26-34(30,31)19-9-10-22(32-2)20(25)16-19/h4-10,16,18,21,26H,3,11-15H2,1-2H3/t21-/m1/s1. The Kier molecular flexibility index (Phi) is 8.93. The van der Waals surface area contributed by atoms with Gasteiger partial charge in [0.1, 0.15) is 11.8 Å². The molecular formula is C24H29ClN2O6S. The number of amides is 1. The SMILES string of the molecule is CCOC(=O)C1CCN(C(=O)[C@@H](Cc2ccccc2)NS(=O)(=O)c2ccc(OC)c(Cl)c2)CC1. The second kappa shape index (κ2) is 11.7. The molecule has 0 spiro atoms. The number of piperidine rings is 1. The Morgan fingerprint density at radius 1 is 1.15 bits per heavy atom. The third-order valence-electron chi connectivity index (χ3n) is 5.74. The zero-order valence-electron chi connectivity index (χ0n) is 19.2. The number of carbonyl (C=O) groups excluding carboxylic acids is 2. The number of esters is 1. The Labute approximate surface area is 205 Å². The highest BCUT2D eigenvalue weighted by atomic mass is 35.5. The smallest absolute Gasteiger partial charge is 0.309 e. The van der Waals surface area contributed by atoms with E-state index >= 15 is 0 Å². The van der Waals surface area contributed by atoms with Gasteiger partial charge < -0.3 is 14.4 Å². The van der Waals surface area contributed by atoms with E-state index < -0.39 is 16.1 Å². The van der Waals surface area contributed by atoms with Crippen LogP contribution in [0.25, 0.3) is 0 Å². The second-order valence-corrected chi connectivity index (χ2v) is 10.1. The van der Waals surface area contributed by atoms with Crippen LogP contribution in [0.15, 0.2) is 53.4 Å². The summed E-state index contributed by atoms with van der Waals surface area (Å²) in [7, 11) is -2.62. The molecule has 0 saturated carbocycles. The molecule has 1 aliphatic heterocycles. The lowest BCUT2D eigenvalue weighted by atomic mass is 9.96. The molecule has 1 saturated heterocycles. The fourth-order valence-electron chi connectivity index (χ4n) is 3.91. The first-order chi connectivity index (χ1) is 16.2. The van der Waals surface area contributed by atoms with Gasteiger partial charge in [0.15, 0.2) is 0 Å². The molecule has 1 heterocycles. The van der Waals surface area contributed by atoms with E-state index in [1.165, 1.54) is 25.3 Å². The molecule has 1 fully saturated rings. The number of halogens is 1. The molecule has 0 radical (unpaired) electrons. The number of hydrogen-bond donors (Lipinski definition) is 1. The van der Waals surface area contributed by atoms with Crippen molar-refractivity contribution in [2.75, 3.05) is 26.8 Å². The summed E-state index contributed by atoms with van der Waals surface area (Å²) in [6.45, 7) is 2.77. The Morgan fingerprint density at radius 3 is 2.41 bits per heavy atom. The minimum Gasteiger partial charge on any atom is -0.495 e. The molecule has 184 valence electrons. The molecule has 1 aliphatic rings. The first-order valence-electron chi connectivity index (χ1n) is 11.1. The number of nitrogens with one attached hydrogen (secondary N) is 1. The molecule has 10 heteroatoms. The van der Waals surface area contributed by atoms with Crippen molar-refractivity contribution >= 4 is 33.5 Å². The van der Waals surface area contributed by atoms with Gasteiger partial charge in [-0.1, -0.05) is 41.9 Å². The van der Waals surface area contributed by atoms with Gasteiger partial charge in [0.25, 0.3) is 0 Å². The van der Waals surface area contributed by atoms with Crippen LogP contribution in [-0.4, -0.2) is 58.0 Å². The lowest BCUT2D eigenvalue weighted by Crippen LogP contribution is -2.52. The Hall–Kier alpha value is -2.62. The van der Waals surface area contributed by atoms with Crippen LogP contribution in [0.4, 0.5) is 0 Å². The number of hydrogen-bond acceptors (Lipinski definition) is 6. The van der Waals surface area contributed by atoms with Gasteiger partial charge in [0.2, 0.25) is 15.9 Å². The van der Waals surface area contributed by atoms with Crippen molar-refractivity contribution in [3.8, 4) is 5.75 Å². The molecule has 3 rings (SSSR count). The maximum Gasteiger partial charge on any atom is 0.309 e. The van der Waals surface area contributed by atoms with Crippen LogP contribution in [-0.2, 0) is 30.8 Å². The van der Waals surface area contributed by atoms with E-state index in [-0.39, 0.29) is 34.1 Å². The number of nitrogens with zero attached hydrogens (tertiary/aromatic N) is 1. The van der Waals surface area contributed by atoms with Crippen molar-refractivity contribution in [1.29, 1.82) is 0 Å². The summed E-state index contributed by atoms with van der Waals surface area (Å²) in [6, 6.07) is 12.3. The van der Waals surface area contributed by atoms with E-state index in [1.807, 2.05) is 30.3 Å². The largest absolute Gasteiger partial charge is 0.495 e. The van der Waals surface area contributed by atoms with Crippen molar-refractivity contribution in [2.45, 2.75) is 37.1 Å². The van der Waals surface area contributed by atoms with Crippen LogP contribution < -0.4 is 9.46 Å². The molecule has 8 nitrogen and oxygen atoms in total. The zero-order chi connectivity index (χ0) is 24.7. The van der Waals surface area contributed by atoms with Crippen LogP contribution in [0.5, 0.6) is 5.75 Å². The third-order valence-corrected chi connectivity index (χ3v) is 7.50. The van der Waals surface area contributed by atoms with Gasteiger partial charge in [-0.2, -0.15) is 4.72 Å². The maximum atomic E-state index is 13.4. The predicted molar refractivity (Wildman–Crippen MR) is 128 cm³/mol. The van der Waals surface area contributed by atoms with Gasteiger partial charge in [-0.15, -0.1) is 0 Å². The molecule has 34 heavy (non-hydrogen) atoms. The number of likely N-dealkylation sites (tertiary alicyclic amines) is 1. The van der Waals surface area contributed by atoms with Crippen LogP contribution in [0.2, 0.25) is 5.02 Å². The number of carbonyl (C=O) groups is 2.